The quantitative estimate of drug-likeness (QED) is 0.427. The van der Waals surface area contributed by atoms with E-state index in [1.807, 2.05) is 36.4 Å². The summed E-state index contributed by atoms with van der Waals surface area (Å²) in [6.07, 6.45) is -0.618. The van der Waals surface area contributed by atoms with Crippen LogP contribution in [0.5, 0.6) is 0 Å². The summed E-state index contributed by atoms with van der Waals surface area (Å²) in [6, 6.07) is 19.7. The average Bonchev–Trinajstić information content (AvgIpc) is 3.12. The molecular weight excluding hydrogens is 456 g/mol. The lowest BCUT2D eigenvalue weighted by molar-refractivity contribution is -0.116. The molecule has 7 nitrogen and oxygen atoms in total. The Morgan fingerprint density at radius 3 is 2.21 bits per heavy atom. The second-order valence-corrected chi connectivity index (χ2v) is 8.53. The molecule has 4 rings (SSSR count). The molecule has 0 radical (unpaired) electrons. The van der Waals surface area contributed by atoms with E-state index in [4.69, 9.17) is 21.4 Å². The van der Waals surface area contributed by atoms with Crippen molar-refractivity contribution in [3.63, 3.8) is 0 Å². The number of amides is 2. The fraction of sp³-hybridized carbons (Fsp3) is 0.192. The first-order chi connectivity index (χ1) is 16.3. The van der Waals surface area contributed by atoms with Gasteiger partial charge in [-0.2, -0.15) is 0 Å². The molecule has 0 bridgehead atoms. The number of alkyl carbamates (subject to hydrolysis) is 1. The van der Waals surface area contributed by atoms with E-state index < -0.39 is 18.1 Å². The minimum Gasteiger partial charge on any atom is -0.478 e. The third kappa shape index (κ3) is 5.05. The molecule has 3 aromatic carbocycles. The predicted molar refractivity (Wildman–Crippen MR) is 129 cm³/mol. The Bertz CT molecular complexity index is 1210. The highest BCUT2D eigenvalue weighted by atomic mass is 35.5. The summed E-state index contributed by atoms with van der Waals surface area (Å²) >= 11 is 6.05. The van der Waals surface area contributed by atoms with Crippen LogP contribution in [0.25, 0.3) is 11.1 Å². The Labute approximate surface area is 201 Å². The summed E-state index contributed by atoms with van der Waals surface area (Å²) in [5.74, 6) is -1.54. The van der Waals surface area contributed by atoms with Crippen molar-refractivity contribution >= 4 is 35.3 Å². The number of carbonyl (C=O) groups is 3. The van der Waals surface area contributed by atoms with Gasteiger partial charge in [-0.3, -0.25) is 4.79 Å². The molecule has 0 heterocycles. The number of anilines is 1. The van der Waals surface area contributed by atoms with E-state index in [-0.39, 0.29) is 35.4 Å². The zero-order valence-electron chi connectivity index (χ0n) is 18.4. The largest absolute Gasteiger partial charge is 0.478 e. The van der Waals surface area contributed by atoms with Crippen LogP contribution in [0.4, 0.5) is 10.5 Å². The normalized spacial score (nSPS) is 12.9. The van der Waals surface area contributed by atoms with Crippen LogP contribution in [-0.2, 0) is 9.53 Å². The molecule has 3 aromatic rings. The zero-order valence-corrected chi connectivity index (χ0v) is 19.1. The third-order valence-corrected chi connectivity index (χ3v) is 6.00. The number of aromatic carboxylic acids is 1. The molecule has 1 atom stereocenters. The molecule has 1 aliphatic rings. The predicted octanol–water partition coefficient (Wildman–Crippen LogP) is 5.29. The lowest BCUT2D eigenvalue weighted by Crippen LogP contribution is -2.36. The van der Waals surface area contributed by atoms with E-state index in [1.165, 1.54) is 18.2 Å². The molecule has 3 N–H and O–H groups in total. The highest BCUT2D eigenvalue weighted by Crippen LogP contribution is 2.44. The van der Waals surface area contributed by atoms with Crippen molar-refractivity contribution < 1.29 is 24.2 Å². The number of hydrogen-bond acceptors (Lipinski definition) is 4. The Morgan fingerprint density at radius 1 is 1.00 bits per heavy atom. The van der Waals surface area contributed by atoms with Gasteiger partial charge in [-0.15, -0.1) is 0 Å². The summed E-state index contributed by atoms with van der Waals surface area (Å²) in [5, 5.41) is 14.4. The highest BCUT2D eigenvalue weighted by molar-refractivity contribution is 6.34. The van der Waals surface area contributed by atoms with E-state index in [2.05, 4.69) is 22.8 Å². The number of fused-ring (bicyclic) bond motifs is 3. The van der Waals surface area contributed by atoms with Crippen molar-refractivity contribution in [3.05, 3.63) is 88.4 Å². The number of halogens is 1. The van der Waals surface area contributed by atoms with Gasteiger partial charge in [0.25, 0.3) is 0 Å². The first-order valence-corrected chi connectivity index (χ1v) is 11.2. The van der Waals surface area contributed by atoms with Crippen LogP contribution >= 0.6 is 11.6 Å². The minimum absolute atomic E-state index is 0.0127. The van der Waals surface area contributed by atoms with Gasteiger partial charge >= 0.3 is 12.1 Å². The number of ether oxygens (including phenoxy) is 1. The maximum Gasteiger partial charge on any atom is 0.407 e. The number of rotatable bonds is 7. The Kier molecular flexibility index (Phi) is 6.84. The van der Waals surface area contributed by atoms with Gasteiger partial charge in [0.05, 0.1) is 16.3 Å². The minimum atomic E-state index is -1.11. The fourth-order valence-corrected chi connectivity index (χ4v) is 4.35. The van der Waals surface area contributed by atoms with E-state index in [1.54, 1.807) is 6.92 Å². The third-order valence-electron chi connectivity index (χ3n) is 5.69. The molecule has 8 heteroatoms. The van der Waals surface area contributed by atoms with Crippen molar-refractivity contribution in [3.8, 4) is 11.1 Å². The Balaban J connectivity index is 1.30. The molecule has 1 aliphatic carbocycles. The van der Waals surface area contributed by atoms with E-state index in [9.17, 15) is 14.4 Å². The fourth-order valence-electron chi connectivity index (χ4n) is 4.12. The van der Waals surface area contributed by atoms with Crippen LogP contribution < -0.4 is 10.6 Å². The number of nitrogens with one attached hydrogen (secondary N) is 2. The molecule has 1 unspecified atom stereocenters. The highest BCUT2D eigenvalue weighted by Gasteiger charge is 2.29. The second kappa shape index (κ2) is 9.97. The van der Waals surface area contributed by atoms with E-state index in [0.29, 0.717) is 5.69 Å². The van der Waals surface area contributed by atoms with E-state index >= 15 is 0 Å². The van der Waals surface area contributed by atoms with Crippen LogP contribution in [0.1, 0.15) is 40.7 Å². The number of hydrogen-bond donors (Lipinski definition) is 3. The van der Waals surface area contributed by atoms with Gasteiger partial charge in [0.1, 0.15) is 6.61 Å². The average molecular weight is 479 g/mol. The van der Waals surface area contributed by atoms with Gasteiger partial charge in [0.15, 0.2) is 0 Å². The van der Waals surface area contributed by atoms with Gasteiger partial charge in [0, 0.05) is 18.4 Å². The van der Waals surface area contributed by atoms with Crippen LogP contribution in [0.2, 0.25) is 5.02 Å². The van der Waals surface area contributed by atoms with Crippen LogP contribution in [-0.4, -0.2) is 35.7 Å². The molecule has 2 amide bonds. The maximum absolute atomic E-state index is 12.4. The number of benzene rings is 3. The summed E-state index contributed by atoms with van der Waals surface area (Å²) in [6.45, 7) is 1.88. The van der Waals surface area contributed by atoms with Crippen molar-refractivity contribution in [1.29, 1.82) is 0 Å². The summed E-state index contributed by atoms with van der Waals surface area (Å²) in [7, 11) is 0. The van der Waals surface area contributed by atoms with Gasteiger partial charge in [0.2, 0.25) is 5.91 Å². The maximum atomic E-state index is 12.4. The first-order valence-electron chi connectivity index (χ1n) is 10.8. The van der Waals surface area contributed by atoms with Crippen LogP contribution in [0.3, 0.4) is 0 Å². The van der Waals surface area contributed by atoms with Gasteiger partial charge < -0.3 is 20.5 Å². The number of carboxylic acids is 1. The molecule has 34 heavy (non-hydrogen) atoms. The summed E-state index contributed by atoms with van der Waals surface area (Å²) in [4.78, 5) is 35.7. The van der Waals surface area contributed by atoms with Crippen molar-refractivity contribution in [2.75, 3.05) is 11.9 Å². The molecule has 0 aliphatic heterocycles. The molecule has 0 aromatic heterocycles. The lowest BCUT2D eigenvalue weighted by Gasteiger charge is -2.17. The summed E-state index contributed by atoms with van der Waals surface area (Å²) in [5.41, 5.74) is 4.85. The van der Waals surface area contributed by atoms with Crippen molar-refractivity contribution in [2.45, 2.75) is 25.3 Å². The van der Waals surface area contributed by atoms with E-state index in [0.717, 1.165) is 22.3 Å². The summed E-state index contributed by atoms with van der Waals surface area (Å²) < 4.78 is 5.51. The monoisotopic (exact) mass is 478 g/mol. The smallest absolute Gasteiger partial charge is 0.407 e. The second-order valence-electron chi connectivity index (χ2n) is 8.12. The Hall–Kier alpha value is -3.84. The van der Waals surface area contributed by atoms with Crippen molar-refractivity contribution in [2.24, 2.45) is 0 Å². The van der Waals surface area contributed by atoms with Crippen LogP contribution in [0, 0.1) is 0 Å². The van der Waals surface area contributed by atoms with Gasteiger partial charge in [-0.05, 0) is 47.4 Å². The molecule has 0 saturated heterocycles. The lowest BCUT2D eigenvalue weighted by atomic mass is 9.98. The van der Waals surface area contributed by atoms with Gasteiger partial charge in [-0.25, -0.2) is 9.59 Å². The zero-order chi connectivity index (χ0) is 24.2. The first kappa shape index (κ1) is 23.3. The number of carboxylic acid groups (broad SMARTS) is 1. The van der Waals surface area contributed by atoms with Crippen LogP contribution in [0.15, 0.2) is 66.7 Å². The molecule has 0 saturated carbocycles. The topological polar surface area (TPSA) is 105 Å². The molecule has 0 fully saturated rings. The van der Waals surface area contributed by atoms with Crippen molar-refractivity contribution in [1.82, 2.24) is 5.32 Å². The number of carbonyl (C=O) groups excluding carboxylic acids is 2. The SMILES string of the molecule is CC(CC(=O)Nc1ccc(C(=O)O)cc1Cl)NC(=O)OCC1c2ccccc2-c2ccccc21. The van der Waals surface area contributed by atoms with Gasteiger partial charge in [-0.1, -0.05) is 60.1 Å². The molecule has 0 spiro atoms. The Morgan fingerprint density at radius 2 is 1.62 bits per heavy atom. The molecular formula is C26H23ClN2O5. The standard InChI is InChI=1S/C26H23ClN2O5/c1-15(12-24(30)29-23-11-10-16(25(31)32)13-22(23)27)28-26(33)34-14-21-19-8-4-2-6-17(19)18-7-3-5-9-20(18)21/h2-11,13,15,21H,12,14H2,1H3,(H,28,33)(H,29,30)(H,31,32). The molecule has 174 valence electrons.